The fourth-order valence-corrected chi connectivity index (χ4v) is 1.42. The number of carboxylic acid groups (broad SMARTS) is 2. The van der Waals surface area contributed by atoms with Crippen LogP contribution in [0.5, 0.6) is 0 Å². The van der Waals surface area contributed by atoms with Gasteiger partial charge < -0.3 is 20.4 Å². The molecule has 0 atom stereocenters. The van der Waals surface area contributed by atoms with Gasteiger partial charge in [0.15, 0.2) is 0 Å². The number of aliphatic carboxylic acids is 2. The van der Waals surface area contributed by atoms with E-state index in [0.717, 1.165) is 11.3 Å². The summed E-state index contributed by atoms with van der Waals surface area (Å²) in [7, 11) is 0. The Kier molecular flexibility index (Phi) is 5.45. The average Bonchev–Trinajstić information content (AvgIpc) is 2.36. The van der Waals surface area contributed by atoms with Crippen LogP contribution in [0.3, 0.4) is 0 Å². The predicted molar refractivity (Wildman–Crippen MR) is 68.1 cm³/mol. The number of hydrogen-bond acceptors (Lipinski definition) is 4. The molecule has 0 bridgehead atoms. The summed E-state index contributed by atoms with van der Waals surface area (Å²) in [5, 5.41) is 19.7. The molecule has 1 rings (SSSR count). The molecule has 108 valence electrons. The minimum absolute atomic E-state index is 0.141. The average molecular weight is 281 g/mol. The Morgan fingerprint density at radius 1 is 1.20 bits per heavy atom. The Balaban J connectivity index is 2.58. The third-order valence-corrected chi connectivity index (χ3v) is 2.36. The molecule has 8 heteroatoms. The smallest absolute Gasteiger partial charge is 0.323 e. The van der Waals surface area contributed by atoms with Crippen LogP contribution in [0.25, 0.3) is 0 Å². The summed E-state index contributed by atoms with van der Waals surface area (Å²) in [5.41, 5.74) is 1.56. The maximum absolute atomic E-state index is 11.7. The zero-order valence-corrected chi connectivity index (χ0v) is 10.9. The summed E-state index contributed by atoms with van der Waals surface area (Å²) in [6.07, 6.45) is 1.58. The van der Waals surface area contributed by atoms with Crippen molar-refractivity contribution in [2.45, 2.75) is 13.5 Å². The summed E-state index contributed by atoms with van der Waals surface area (Å²) in [4.78, 5) is 37.6. The highest BCUT2D eigenvalue weighted by atomic mass is 16.4. The largest absolute Gasteiger partial charge is 0.480 e. The lowest BCUT2D eigenvalue weighted by Crippen LogP contribution is -2.45. The number of amides is 2. The first-order valence-electron chi connectivity index (χ1n) is 5.76. The van der Waals surface area contributed by atoms with Gasteiger partial charge in [-0.2, -0.15) is 0 Å². The van der Waals surface area contributed by atoms with E-state index < -0.39 is 31.1 Å². The first kappa shape index (κ1) is 15.4. The van der Waals surface area contributed by atoms with Crippen molar-refractivity contribution in [1.29, 1.82) is 0 Å². The van der Waals surface area contributed by atoms with Gasteiger partial charge in [-0.05, 0) is 18.6 Å². The standard InChI is InChI=1S/C12H15N3O5/c1-8-2-3-9(4-13-8)5-14-12(20)15(6-10(16)17)7-11(18)19/h2-4H,5-7H2,1H3,(H,14,20)(H,16,17)(H,18,19). The van der Waals surface area contributed by atoms with Gasteiger partial charge in [-0.3, -0.25) is 14.6 Å². The molecule has 8 nitrogen and oxygen atoms in total. The van der Waals surface area contributed by atoms with E-state index in [1.54, 1.807) is 18.3 Å². The molecule has 0 aromatic carbocycles. The molecule has 0 aliphatic heterocycles. The summed E-state index contributed by atoms with van der Waals surface area (Å²) in [6, 6.07) is 2.78. The zero-order valence-electron chi connectivity index (χ0n) is 10.9. The van der Waals surface area contributed by atoms with Crippen molar-refractivity contribution in [3.8, 4) is 0 Å². The fourth-order valence-electron chi connectivity index (χ4n) is 1.42. The normalized spacial score (nSPS) is 9.85. The number of aromatic nitrogens is 1. The summed E-state index contributed by atoms with van der Waals surface area (Å²) >= 11 is 0. The van der Waals surface area contributed by atoms with Crippen LogP contribution in [-0.4, -0.2) is 51.2 Å². The minimum atomic E-state index is -1.28. The van der Waals surface area contributed by atoms with Crippen LogP contribution in [0.2, 0.25) is 0 Å². The Morgan fingerprint density at radius 2 is 1.80 bits per heavy atom. The van der Waals surface area contributed by atoms with Gasteiger partial charge in [0.1, 0.15) is 13.1 Å². The molecule has 0 saturated carbocycles. The van der Waals surface area contributed by atoms with E-state index in [2.05, 4.69) is 10.3 Å². The molecule has 20 heavy (non-hydrogen) atoms. The third-order valence-electron chi connectivity index (χ3n) is 2.36. The summed E-state index contributed by atoms with van der Waals surface area (Å²) in [5.74, 6) is -2.56. The lowest BCUT2D eigenvalue weighted by Gasteiger charge is -2.19. The highest BCUT2D eigenvalue weighted by Gasteiger charge is 2.19. The molecule has 1 aromatic heterocycles. The van der Waals surface area contributed by atoms with Gasteiger partial charge in [0.2, 0.25) is 0 Å². The molecule has 0 saturated heterocycles. The number of rotatable bonds is 6. The number of pyridine rings is 1. The number of aryl methyl sites for hydroxylation is 1. The third kappa shape index (κ3) is 5.34. The molecule has 0 aliphatic rings. The molecule has 0 spiro atoms. The van der Waals surface area contributed by atoms with E-state index >= 15 is 0 Å². The quantitative estimate of drug-likeness (QED) is 0.678. The van der Waals surface area contributed by atoms with Gasteiger partial charge in [0, 0.05) is 18.4 Å². The first-order valence-corrected chi connectivity index (χ1v) is 5.76. The molecular formula is C12H15N3O5. The monoisotopic (exact) mass is 281 g/mol. The number of nitrogens with zero attached hydrogens (tertiary/aromatic N) is 2. The molecule has 0 radical (unpaired) electrons. The Hall–Kier alpha value is -2.64. The van der Waals surface area contributed by atoms with Gasteiger partial charge in [0.05, 0.1) is 0 Å². The van der Waals surface area contributed by atoms with E-state index in [1.165, 1.54) is 0 Å². The Labute approximate surface area is 115 Å². The first-order chi connectivity index (χ1) is 9.38. The van der Waals surface area contributed by atoms with Crippen LogP contribution in [0.4, 0.5) is 4.79 Å². The molecule has 1 heterocycles. The van der Waals surface area contributed by atoms with Gasteiger partial charge in [0.25, 0.3) is 0 Å². The van der Waals surface area contributed by atoms with E-state index in [0.29, 0.717) is 4.90 Å². The van der Waals surface area contributed by atoms with Crippen molar-refractivity contribution < 1.29 is 24.6 Å². The van der Waals surface area contributed by atoms with Crippen LogP contribution in [0.15, 0.2) is 18.3 Å². The molecule has 3 N–H and O–H groups in total. The number of carbonyl (C=O) groups excluding carboxylic acids is 1. The molecule has 2 amide bonds. The summed E-state index contributed by atoms with van der Waals surface area (Å²) in [6.45, 7) is 0.611. The molecule has 1 aromatic rings. The van der Waals surface area contributed by atoms with Crippen LogP contribution >= 0.6 is 0 Å². The second-order valence-corrected chi connectivity index (χ2v) is 4.11. The lowest BCUT2D eigenvalue weighted by atomic mass is 10.2. The van der Waals surface area contributed by atoms with Crippen LogP contribution < -0.4 is 5.32 Å². The Morgan fingerprint density at radius 3 is 2.25 bits per heavy atom. The van der Waals surface area contributed by atoms with Gasteiger partial charge in [-0.1, -0.05) is 6.07 Å². The van der Waals surface area contributed by atoms with Crippen molar-refractivity contribution in [2.24, 2.45) is 0 Å². The van der Waals surface area contributed by atoms with E-state index in [9.17, 15) is 14.4 Å². The number of carboxylic acids is 2. The van der Waals surface area contributed by atoms with Crippen LogP contribution in [0, 0.1) is 6.92 Å². The maximum Gasteiger partial charge on any atom is 0.323 e. The fraction of sp³-hybridized carbons (Fsp3) is 0.333. The molecule has 0 fully saturated rings. The van der Waals surface area contributed by atoms with Crippen molar-refractivity contribution >= 4 is 18.0 Å². The number of hydrogen-bond donors (Lipinski definition) is 3. The second kappa shape index (κ2) is 7.07. The topological polar surface area (TPSA) is 120 Å². The molecule has 0 aliphatic carbocycles. The second-order valence-electron chi connectivity index (χ2n) is 4.11. The van der Waals surface area contributed by atoms with E-state index in [4.69, 9.17) is 10.2 Å². The van der Waals surface area contributed by atoms with E-state index in [-0.39, 0.29) is 6.54 Å². The van der Waals surface area contributed by atoms with Crippen molar-refractivity contribution in [1.82, 2.24) is 15.2 Å². The maximum atomic E-state index is 11.7. The zero-order chi connectivity index (χ0) is 15.1. The Bertz CT molecular complexity index is 484. The summed E-state index contributed by atoms with van der Waals surface area (Å²) < 4.78 is 0. The van der Waals surface area contributed by atoms with Crippen molar-refractivity contribution in [3.63, 3.8) is 0 Å². The number of nitrogens with one attached hydrogen (secondary N) is 1. The minimum Gasteiger partial charge on any atom is -0.480 e. The number of urea groups is 1. The highest BCUT2D eigenvalue weighted by molar-refractivity contribution is 5.84. The molecule has 0 unspecified atom stereocenters. The van der Waals surface area contributed by atoms with Crippen molar-refractivity contribution in [2.75, 3.05) is 13.1 Å². The van der Waals surface area contributed by atoms with E-state index in [1.807, 2.05) is 6.92 Å². The van der Waals surface area contributed by atoms with Crippen LogP contribution in [0.1, 0.15) is 11.3 Å². The highest BCUT2D eigenvalue weighted by Crippen LogP contribution is 1.99. The SMILES string of the molecule is Cc1ccc(CNC(=O)N(CC(=O)O)CC(=O)O)cn1. The predicted octanol–water partition coefficient (Wildman–Crippen LogP) is 0.0708. The number of carbonyl (C=O) groups is 3. The molecular weight excluding hydrogens is 266 g/mol. The lowest BCUT2D eigenvalue weighted by molar-refractivity contribution is -0.140. The van der Waals surface area contributed by atoms with Crippen molar-refractivity contribution in [3.05, 3.63) is 29.6 Å². The van der Waals surface area contributed by atoms with Gasteiger partial charge in [-0.25, -0.2) is 4.79 Å². The van der Waals surface area contributed by atoms with Gasteiger partial charge in [-0.15, -0.1) is 0 Å². The van der Waals surface area contributed by atoms with Crippen LogP contribution in [-0.2, 0) is 16.1 Å². The van der Waals surface area contributed by atoms with Gasteiger partial charge >= 0.3 is 18.0 Å².